The van der Waals surface area contributed by atoms with Crippen LogP contribution in [0.25, 0.3) is 22.3 Å². The van der Waals surface area contributed by atoms with E-state index in [0.717, 1.165) is 107 Å². The zero-order valence-electron chi connectivity index (χ0n) is 29.1. The summed E-state index contributed by atoms with van der Waals surface area (Å²) in [5.74, 6) is 2.99. The summed E-state index contributed by atoms with van der Waals surface area (Å²) in [7, 11) is -1.94. The van der Waals surface area contributed by atoms with Crippen molar-refractivity contribution < 1.29 is 8.42 Å². The third-order valence-electron chi connectivity index (χ3n) is 10.5. The Morgan fingerprint density at radius 2 is 1.69 bits per heavy atom. The summed E-state index contributed by atoms with van der Waals surface area (Å²) in [5, 5.41) is 11.0. The minimum Gasteiger partial charge on any atom is -0.356 e. The van der Waals surface area contributed by atoms with Crippen LogP contribution in [0, 0.1) is 26.2 Å². The Bertz CT molecular complexity index is 2230. The predicted octanol–water partition coefficient (Wildman–Crippen LogP) is 7.11. The van der Waals surface area contributed by atoms with Crippen molar-refractivity contribution in [3.05, 3.63) is 75.2 Å². The zero-order valence-corrected chi connectivity index (χ0v) is 30.7. The normalized spacial score (nSPS) is 17.9. The molecule has 2 fully saturated rings. The average Bonchev–Trinajstić information content (AvgIpc) is 3.78. The molecular weight excluding hydrogens is 656 g/mol. The molecule has 1 saturated carbocycles. The second-order valence-electron chi connectivity index (χ2n) is 15.0. The van der Waals surface area contributed by atoms with Crippen LogP contribution in [0.5, 0.6) is 0 Å². The van der Waals surface area contributed by atoms with Crippen LogP contribution in [0.2, 0.25) is 5.02 Å². The molecule has 2 aliphatic heterocycles. The lowest BCUT2D eigenvalue weighted by molar-refractivity contribution is 0.291. The van der Waals surface area contributed by atoms with Crippen LogP contribution in [0.1, 0.15) is 79.2 Å². The van der Waals surface area contributed by atoms with Gasteiger partial charge in [-0.3, -0.25) is 4.68 Å². The molecule has 0 radical (unpaired) electrons. The number of hydrogen-bond donors (Lipinski definition) is 0. The Hall–Kier alpha value is -3.96. The molecule has 49 heavy (non-hydrogen) atoms. The molecule has 1 saturated heterocycles. The van der Waals surface area contributed by atoms with E-state index in [-0.39, 0.29) is 10.3 Å². The van der Waals surface area contributed by atoms with Crippen molar-refractivity contribution in [2.75, 3.05) is 29.4 Å². The molecule has 0 spiro atoms. The van der Waals surface area contributed by atoms with Gasteiger partial charge in [-0.15, -0.1) is 0 Å². The topological polar surface area (TPSA) is 102 Å². The fourth-order valence-electron chi connectivity index (χ4n) is 7.77. The Kier molecular flexibility index (Phi) is 7.60. The number of fused-ring (bicyclic) bond motifs is 2. The number of nitrogens with zero attached hydrogens (tertiary/aromatic N) is 8. The van der Waals surface area contributed by atoms with Crippen molar-refractivity contribution in [3.8, 4) is 11.4 Å². The monoisotopic (exact) mass is 698 g/mol. The number of aryl methyl sites for hydroxylation is 4. The van der Waals surface area contributed by atoms with Gasteiger partial charge in [-0.25, -0.2) is 9.97 Å². The van der Waals surface area contributed by atoms with E-state index in [9.17, 15) is 8.42 Å². The summed E-state index contributed by atoms with van der Waals surface area (Å²) in [4.78, 5) is 15.6. The molecular formula is C37H43ClN8O2S. The largest absolute Gasteiger partial charge is 0.356 e. The van der Waals surface area contributed by atoms with Gasteiger partial charge in [0, 0.05) is 62.1 Å². The highest BCUT2D eigenvalue weighted by molar-refractivity contribution is 7.90. The predicted molar refractivity (Wildman–Crippen MR) is 194 cm³/mol. The SMILES string of the molecule is Cc1ccc(S(=O)(=O)n2nc(C)c3c(-c4nc5c(c(N6CCCC(C)(C)C6)n4)CN(c4c(Cl)c(C6CC6)nn4C)CC5)c(C)ccc32)cc1. The first-order valence-corrected chi connectivity index (χ1v) is 19.1. The van der Waals surface area contributed by atoms with Crippen LogP contribution in [0.3, 0.4) is 0 Å². The summed E-state index contributed by atoms with van der Waals surface area (Å²) < 4.78 is 30.9. The van der Waals surface area contributed by atoms with E-state index in [1.54, 1.807) is 24.3 Å². The van der Waals surface area contributed by atoms with E-state index in [0.29, 0.717) is 29.5 Å². The number of rotatable bonds is 6. The number of piperidine rings is 1. The quantitative estimate of drug-likeness (QED) is 0.185. The average molecular weight is 699 g/mol. The summed E-state index contributed by atoms with van der Waals surface area (Å²) >= 11 is 7.01. The number of hydrogen-bond acceptors (Lipinski definition) is 8. The molecule has 1 aliphatic carbocycles. The van der Waals surface area contributed by atoms with Crippen molar-refractivity contribution in [1.29, 1.82) is 0 Å². The van der Waals surface area contributed by atoms with Crippen molar-refractivity contribution in [1.82, 2.24) is 28.9 Å². The van der Waals surface area contributed by atoms with Crippen molar-refractivity contribution >= 4 is 44.2 Å². The number of halogens is 1. The maximum atomic E-state index is 13.9. The maximum absolute atomic E-state index is 13.9. The lowest BCUT2D eigenvalue weighted by Crippen LogP contribution is -2.42. The van der Waals surface area contributed by atoms with Crippen LogP contribution < -0.4 is 9.80 Å². The zero-order chi connectivity index (χ0) is 34.4. The Labute approximate surface area is 293 Å². The summed E-state index contributed by atoms with van der Waals surface area (Å²) in [6.45, 7) is 13.7. The molecule has 8 rings (SSSR count). The fourth-order valence-corrected chi connectivity index (χ4v) is 9.52. The van der Waals surface area contributed by atoms with Gasteiger partial charge in [-0.05, 0) is 75.6 Å². The molecule has 0 atom stereocenters. The number of aromatic nitrogens is 6. The maximum Gasteiger partial charge on any atom is 0.283 e. The third-order valence-corrected chi connectivity index (χ3v) is 12.4. The highest BCUT2D eigenvalue weighted by Crippen LogP contribution is 2.46. The van der Waals surface area contributed by atoms with E-state index in [1.807, 2.05) is 44.6 Å². The minimum atomic E-state index is -3.93. The van der Waals surface area contributed by atoms with Crippen LogP contribution in [-0.2, 0) is 30.0 Å². The van der Waals surface area contributed by atoms with Gasteiger partial charge in [0.1, 0.15) is 16.7 Å². The van der Waals surface area contributed by atoms with Gasteiger partial charge in [0.25, 0.3) is 10.0 Å². The molecule has 2 aromatic carbocycles. The molecule has 10 nitrogen and oxygen atoms in total. The highest BCUT2D eigenvalue weighted by Gasteiger charge is 2.36. The lowest BCUT2D eigenvalue weighted by atomic mass is 9.84. The molecule has 5 aromatic rings. The van der Waals surface area contributed by atoms with E-state index < -0.39 is 10.0 Å². The van der Waals surface area contributed by atoms with Gasteiger partial charge in [0.15, 0.2) is 5.82 Å². The molecule has 0 unspecified atom stereocenters. The van der Waals surface area contributed by atoms with Crippen molar-refractivity contribution in [2.45, 2.75) is 84.1 Å². The Morgan fingerprint density at radius 3 is 2.41 bits per heavy atom. The molecule has 0 bridgehead atoms. The first-order chi connectivity index (χ1) is 23.3. The second-order valence-corrected chi connectivity index (χ2v) is 17.1. The van der Waals surface area contributed by atoms with E-state index in [2.05, 4.69) is 28.7 Å². The Morgan fingerprint density at radius 1 is 0.939 bits per heavy atom. The van der Waals surface area contributed by atoms with Crippen LogP contribution in [0.4, 0.5) is 11.6 Å². The minimum absolute atomic E-state index is 0.146. The number of anilines is 2. The first-order valence-electron chi connectivity index (χ1n) is 17.3. The molecule has 12 heteroatoms. The van der Waals surface area contributed by atoms with E-state index >= 15 is 0 Å². The lowest BCUT2D eigenvalue weighted by Gasteiger charge is -2.41. The summed E-state index contributed by atoms with van der Waals surface area (Å²) in [6, 6.07) is 10.7. The van der Waals surface area contributed by atoms with E-state index in [4.69, 9.17) is 26.7 Å². The highest BCUT2D eigenvalue weighted by atomic mass is 35.5. The molecule has 0 amide bonds. The molecule has 256 valence electrons. The van der Waals surface area contributed by atoms with E-state index in [1.165, 1.54) is 4.09 Å². The van der Waals surface area contributed by atoms with Gasteiger partial charge in [-0.1, -0.05) is 49.2 Å². The van der Waals surface area contributed by atoms with Crippen molar-refractivity contribution in [3.63, 3.8) is 0 Å². The molecule has 3 aliphatic rings. The van der Waals surface area contributed by atoms with Gasteiger partial charge >= 0.3 is 0 Å². The van der Waals surface area contributed by atoms with Gasteiger partial charge < -0.3 is 9.80 Å². The van der Waals surface area contributed by atoms with Crippen LogP contribution in [0.15, 0.2) is 41.3 Å². The molecule has 0 N–H and O–H groups in total. The first kappa shape index (κ1) is 32.3. The number of benzene rings is 2. The molecule has 3 aromatic heterocycles. The fraction of sp³-hybridized carbons (Fsp3) is 0.459. The smallest absolute Gasteiger partial charge is 0.283 e. The van der Waals surface area contributed by atoms with Gasteiger partial charge in [0.05, 0.1) is 27.5 Å². The summed E-state index contributed by atoms with van der Waals surface area (Å²) in [5.41, 5.74) is 7.23. The Balaban J connectivity index is 1.27. The van der Waals surface area contributed by atoms with Crippen LogP contribution in [-0.4, -0.2) is 57.0 Å². The van der Waals surface area contributed by atoms with Crippen molar-refractivity contribution in [2.24, 2.45) is 12.5 Å². The summed E-state index contributed by atoms with van der Waals surface area (Å²) in [6.07, 6.45) is 5.27. The van der Waals surface area contributed by atoms with Crippen LogP contribution >= 0.6 is 11.6 Å². The van der Waals surface area contributed by atoms with Gasteiger partial charge in [-0.2, -0.15) is 22.7 Å². The second kappa shape index (κ2) is 11.6. The van der Waals surface area contributed by atoms with Gasteiger partial charge in [0.2, 0.25) is 0 Å². The third kappa shape index (κ3) is 5.49. The molecule has 5 heterocycles. The standard InChI is InChI=1S/C37H43ClN8O2S/c1-22-8-13-26(14-9-22)49(47,48)46-29-15-10-23(2)30(31(29)24(3)41-46)34-39-28-16-19-44(36-32(38)33(25-11-12-25)42-43(36)6)20-27(28)35(40-34)45-18-7-17-37(4,5)21-45/h8-10,13-15,25H,7,11-12,16-21H2,1-6H3.